The van der Waals surface area contributed by atoms with E-state index in [0.29, 0.717) is 28.6 Å². The molecule has 0 saturated heterocycles. The highest BCUT2D eigenvalue weighted by Crippen LogP contribution is 2.61. The maximum Gasteiger partial charge on any atom is 0.252 e. The van der Waals surface area contributed by atoms with Crippen LogP contribution < -0.4 is 10.6 Å². The SMILES string of the molecule is O=C(NCCc1sc(NC23CC4CC(CC2C4)C3)nc1O)c1ccc(Cl)cc1Cl. The van der Waals surface area contributed by atoms with Crippen molar-refractivity contribution in [1.29, 1.82) is 0 Å². The van der Waals surface area contributed by atoms with Crippen LogP contribution in [0.1, 0.15) is 47.3 Å². The van der Waals surface area contributed by atoms with E-state index in [0.717, 1.165) is 27.8 Å². The molecule has 4 fully saturated rings. The van der Waals surface area contributed by atoms with Crippen molar-refractivity contribution in [1.82, 2.24) is 10.3 Å². The highest BCUT2D eigenvalue weighted by Gasteiger charge is 2.58. The molecule has 3 N–H and O–H groups in total. The minimum Gasteiger partial charge on any atom is -0.492 e. The molecule has 4 aliphatic carbocycles. The van der Waals surface area contributed by atoms with E-state index >= 15 is 0 Å². The van der Waals surface area contributed by atoms with Gasteiger partial charge in [-0.05, 0) is 68.1 Å². The Bertz CT molecular complexity index is 949. The van der Waals surface area contributed by atoms with Crippen LogP contribution >= 0.6 is 34.5 Å². The molecule has 1 aromatic carbocycles. The van der Waals surface area contributed by atoms with Crippen molar-refractivity contribution in [3.8, 4) is 5.88 Å². The highest BCUT2D eigenvalue weighted by molar-refractivity contribution is 7.15. The molecule has 0 radical (unpaired) electrons. The van der Waals surface area contributed by atoms with Gasteiger partial charge in [0.2, 0.25) is 5.88 Å². The number of amides is 1. The van der Waals surface area contributed by atoms with Crippen molar-refractivity contribution in [3.63, 3.8) is 0 Å². The summed E-state index contributed by atoms with van der Waals surface area (Å²) in [5.41, 5.74) is 0.576. The smallest absolute Gasteiger partial charge is 0.252 e. The zero-order chi connectivity index (χ0) is 20.2. The second-order valence-corrected chi connectivity index (χ2v) is 10.6. The highest BCUT2D eigenvalue weighted by atomic mass is 35.5. The van der Waals surface area contributed by atoms with E-state index in [9.17, 15) is 9.90 Å². The van der Waals surface area contributed by atoms with E-state index < -0.39 is 0 Å². The van der Waals surface area contributed by atoms with E-state index in [-0.39, 0.29) is 17.3 Å². The number of hydrogen-bond donors (Lipinski definition) is 3. The monoisotopic (exact) mass is 451 g/mol. The van der Waals surface area contributed by atoms with Gasteiger partial charge in [-0.3, -0.25) is 4.79 Å². The third-order valence-electron chi connectivity index (χ3n) is 6.84. The number of nitrogens with zero attached hydrogens (tertiary/aromatic N) is 1. The van der Waals surface area contributed by atoms with Crippen molar-refractivity contribution in [3.05, 3.63) is 38.7 Å². The molecule has 0 aliphatic heterocycles. The molecule has 1 heterocycles. The van der Waals surface area contributed by atoms with Crippen molar-refractivity contribution in [2.75, 3.05) is 11.9 Å². The molecular weight excluding hydrogens is 429 g/mol. The summed E-state index contributed by atoms with van der Waals surface area (Å²) < 4.78 is 0. The van der Waals surface area contributed by atoms with Gasteiger partial charge in [-0.15, -0.1) is 0 Å². The number of nitrogens with one attached hydrogen (secondary N) is 2. The molecule has 1 aromatic heterocycles. The Morgan fingerprint density at radius 1 is 1.24 bits per heavy atom. The number of thiazole rings is 1. The van der Waals surface area contributed by atoms with Crippen LogP contribution in [-0.4, -0.2) is 28.1 Å². The summed E-state index contributed by atoms with van der Waals surface area (Å²) in [6, 6.07) is 4.79. The summed E-state index contributed by atoms with van der Waals surface area (Å²) in [7, 11) is 0. The Balaban J connectivity index is 1.20. The molecule has 1 amide bonds. The van der Waals surface area contributed by atoms with Gasteiger partial charge in [0.1, 0.15) is 0 Å². The van der Waals surface area contributed by atoms with Gasteiger partial charge in [-0.1, -0.05) is 34.5 Å². The Hall–Kier alpha value is -1.50. The molecular formula is C21H23Cl2N3O2S. The normalized spacial score (nSPS) is 29.4. The summed E-state index contributed by atoms with van der Waals surface area (Å²) in [5, 5.41) is 18.4. The second-order valence-electron chi connectivity index (χ2n) is 8.72. The molecule has 0 spiro atoms. The van der Waals surface area contributed by atoms with Crippen LogP contribution in [0, 0.1) is 17.8 Å². The van der Waals surface area contributed by atoms with Gasteiger partial charge in [-0.2, -0.15) is 4.98 Å². The zero-order valence-electron chi connectivity index (χ0n) is 15.9. The number of carbonyl (C=O) groups excluding carboxylic acids is 1. The van der Waals surface area contributed by atoms with Crippen LogP contribution in [0.3, 0.4) is 0 Å². The maximum atomic E-state index is 12.3. The summed E-state index contributed by atoms with van der Waals surface area (Å²) in [4.78, 5) is 17.5. The van der Waals surface area contributed by atoms with Gasteiger partial charge < -0.3 is 15.7 Å². The topological polar surface area (TPSA) is 74.2 Å². The standard InChI is InChI=1S/C21H23Cl2N3O2S/c22-14-1-2-15(16(23)8-14)18(27)24-4-3-17-19(28)25-20(29-17)26-21-9-11-5-12(10-21)7-13(21)6-11/h1-2,8,11-13,28H,3-7,9-10H2,(H,24,27)(H,25,26). The first kappa shape index (κ1) is 19.5. The number of hydrogen-bond acceptors (Lipinski definition) is 5. The fourth-order valence-corrected chi connectivity index (χ4v) is 7.29. The third-order valence-corrected chi connectivity index (χ3v) is 8.40. The Labute approximate surface area is 183 Å². The van der Waals surface area contributed by atoms with Gasteiger partial charge >= 0.3 is 0 Å². The van der Waals surface area contributed by atoms with Crippen molar-refractivity contribution >= 4 is 45.6 Å². The second kappa shape index (κ2) is 7.33. The fraction of sp³-hybridized carbons (Fsp3) is 0.524. The first-order valence-electron chi connectivity index (χ1n) is 10.1. The minimum atomic E-state index is -0.258. The van der Waals surface area contributed by atoms with Crippen molar-refractivity contribution < 1.29 is 9.90 Å². The van der Waals surface area contributed by atoms with Crippen LogP contribution in [0.5, 0.6) is 5.88 Å². The van der Waals surface area contributed by atoms with E-state index in [1.807, 2.05) is 0 Å². The number of halogens is 2. The fourth-order valence-electron chi connectivity index (χ4n) is 5.83. The minimum absolute atomic E-state index is 0.0605. The quantitative estimate of drug-likeness (QED) is 0.569. The zero-order valence-corrected chi connectivity index (χ0v) is 18.2. The maximum absolute atomic E-state index is 12.3. The average Bonchev–Trinajstić information content (AvgIpc) is 3.19. The van der Waals surface area contributed by atoms with Crippen LogP contribution in [-0.2, 0) is 6.42 Å². The Morgan fingerprint density at radius 2 is 2.00 bits per heavy atom. The molecule has 154 valence electrons. The lowest BCUT2D eigenvalue weighted by Gasteiger charge is -2.33. The molecule has 2 atom stereocenters. The number of carbonyl (C=O) groups is 1. The third kappa shape index (κ3) is 3.60. The van der Waals surface area contributed by atoms with Gasteiger partial charge in [-0.25, -0.2) is 0 Å². The number of anilines is 1. The Kier molecular flexibility index (Phi) is 4.92. The lowest BCUT2D eigenvalue weighted by atomic mass is 9.80. The van der Waals surface area contributed by atoms with E-state index in [2.05, 4.69) is 15.6 Å². The first-order chi connectivity index (χ1) is 13.9. The molecule has 29 heavy (non-hydrogen) atoms. The van der Waals surface area contributed by atoms with Crippen molar-refractivity contribution in [2.45, 2.75) is 44.1 Å². The molecule has 2 unspecified atom stereocenters. The van der Waals surface area contributed by atoms with Gasteiger partial charge in [0.05, 0.1) is 15.5 Å². The molecule has 4 bridgehead atoms. The molecule has 4 saturated carbocycles. The van der Waals surface area contributed by atoms with Gasteiger partial charge in [0.25, 0.3) is 5.91 Å². The lowest BCUT2D eigenvalue weighted by molar-refractivity contribution is 0.0954. The molecule has 4 aliphatic rings. The van der Waals surface area contributed by atoms with Crippen LogP contribution in [0.25, 0.3) is 0 Å². The first-order valence-corrected chi connectivity index (χ1v) is 11.7. The van der Waals surface area contributed by atoms with Gasteiger partial charge in [0.15, 0.2) is 5.13 Å². The van der Waals surface area contributed by atoms with Crippen molar-refractivity contribution in [2.24, 2.45) is 17.8 Å². The summed E-state index contributed by atoms with van der Waals surface area (Å²) in [5.74, 6) is 2.28. The lowest BCUT2D eigenvalue weighted by Crippen LogP contribution is -2.39. The number of benzene rings is 1. The number of aromatic hydroxyl groups is 1. The van der Waals surface area contributed by atoms with E-state index in [4.69, 9.17) is 23.2 Å². The average molecular weight is 452 g/mol. The van der Waals surface area contributed by atoms with Crippen LogP contribution in [0.2, 0.25) is 10.0 Å². The van der Waals surface area contributed by atoms with Gasteiger partial charge in [0, 0.05) is 23.5 Å². The summed E-state index contributed by atoms with van der Waals surface area (Å²) in [6.07, 6.45) is 7.07. The summed E-state index contributed by atoms with van der Waals surface area (Å²) >= 11 is 13.5. The van der Waals surface area contributed by atoms with E-state index in [1.165, 1.54) is 43.4 Å². The predicted octanol–water partition coefficient (Wildman–Crippen LogP) is 5.12. The number of aromatic nitrogens is 1. The molecule has 8 heteroatoms. The van der Waals surface area contributed by atoms with Crippen LogP contribution in [0.15, 0.2) is 18.2 Å². The molecule has 2 aromatic rings. The predicted molar refractivity (Wildman–Crippen MR) is 116 cm³/mol. The Morgan fingerprint density at radius 3 is 2.72 bits per heavy atom. The summed E-state index contributed by atoms with van der Waals surface area (Å²) in [6.45, 7) is 0.394. The number of rotatable bonds is 6. The van der Waals surface area contributed by atoms with E-state index in [1.54, 1.807) is 18.2 Å². The largest absolute Gasteiger partial charge is 0.492 e. The molecule has 6 rings (SSSR count). The molecule has 5 nitrogen and oxygen atoms in total. The van der Waals surface area contributed by atoms with Crippen LogP contribution in [0.4, 0.5) is 5.13 Å².